The zero-order valence-corrected chi connectivity index (χ0v) is 19.5. The largest absolute Gasteiger partial charge is 0.389 e. The van der Waals surface area contributed by atoms with E-state index in [0.717, 1.165) is 51.9 Å². The van der Waals surface area contributed by atoms with E-state index in [1.807, 2.05) is 18.2 Å². The minimum absolute atomic E-state index is 0.323. The Morgan fingerprint density at radius 2 is 1.67 bits per heavy atom. The Kier molecular flexibility index (Phi) is 6.97. The third-order valence-corrected chi connectivity index (χ3v) is 8.09. The van der Waals surface area contributed by atoms with Crippen molar-refractivity contribution in [3.8, 4) is 0 Å². The molecule has 2 aliphatic heterocycles. The molecule has 4 rings (SSSR count). The van der Waals surface area contributed by atoms with Crippen LogP contribution in [0.1, 0.15) is 45.4 Å². The highest BCUT2D eigenvalue weighted by atomic mass is 19.4. The number of β-amino-alcohol motifs (C(OH)–C–C–N with tert-alkyl or cyclic N) is 1. The van der Waals surface area contributed by atoms with E-state index < -0.39 is 35.4 Å². The number of nitrogens with zero attached hydrogens (tertiary/aromatic N) is 3. The van der Waals surface area contributed by atoms with Gasteiger partial charge in [0.1, 0.15) is 0 Å². The van der Waals surface area contributed by atoms with E-state index in [4.69, 9.17) is 0 Å². The van der Waals surface area contributed by atoms with E-state index in [1.54, 1.807) is 4.90 Å². The first-order chi connectivity index (χ1) is 15.6. The summed E-state index contributed by atoms with van der Waals surface area (Å²) >= 11 is 0. The lowest BCUT2D eigenvalue weighted by molar-refractivity contribution is -0.173. The Balaban J connectivity index is 1.40. The van der Waals surface area contributed by atoms with E-state index in [9.17, 15) is 23.1 Å². The highest BCUT2D eigenvalue weighted by Gasteiger charge is 2.56. The number of amides is 1. The fourth-order valence-electron chi connectivity index (χ4n) is 6.21. The molecule has 3 fully saturated rings. The standard InChI is InChI=1S/C25H36F3N3O2/c1-20(17-25(26,27)28)22(32)31-12-11-24(33,23(18-31)9-5-6-10-23)19-29-13-15-30(16-14-29)21-7-3-2-4-8-21/h2-4,7-8,20,33H,5-6,9-19H2,1H3/t20-,24?/m1/s1. The Labute approximate surface area is 194 Å². The van der Waals surface area contributed by atoms with Gasteiger partial charge < -0.3 is 14.9 Å². The van der Waals surface area contributed by atoms with Crippen LogP contribution in [-0.4, -0.2) is 78.4 Å². The Bertz CT molecular complexity index is 805. The number of hydrogen-bond acceptors (Lipinski definition) is 4. The van der Waals surface area contributed by atoms with Crippen molar-refractivity contribution in [2.45, 2.75) is 57.2 Å². The van der Waals surface area contributed by atoms with Crippen LogP contribution in [-0.2, 0) is 4.79 Å². The molecule has 1 aromatic carbocycles. The average molecular weight is 468 g/mol. The van der Waals surface area contributed by atoms with Gasteiger partial charge in [-0.25, -0.2) is 0 Å². The molecule has 1 spiro atoms. The van der Waals surface area contributed by atoms with Gasteiger partial charge in [0.2, 0.25) is 5.91 Å². The number of aliphatic hydroxyl groups is 1. The van der Waals surface area contributed by atoms with E-state index >= 15 is 0 Å². The smallest absolute Gasteiger partial charge is 0.388 e. The van der Waals surface area contributed by atoms with Crippen LogP contribution in [0.15, 0.2) is 30.3 Å². The number of alkyl halides is 3. The van der Waals surface area contributed by atoms with Crippen molar-refractivity contribution in [3.63, 3.8) is 0 Å². The van der Waals surface area contributed by atoms with E-state index in [1.165, 1.54) is 12.6 Å². The number of halogens is 3. The van der Waals surface area contributed by atoms with E-state index in [2.05, 4.69) is 21.9 Å². The number of carbonyl (C=O) groups is 1. The zero-order chi connectivity index (χ0) is 23.7. The summed E-state index contributed by atoms with van der Waals surface area (Å²) in [5.74, 6) is -1.52. The Hall–Kier alpha value is -1.80. The lowest BCUT2D eigenvalue weighted by Gasteiger charge is -2.54. The molecule has 2 atom stereocenters. The number of benzene rings is 1. The normalized spacial score (nSPS) is 27.2. The first-order valence-electron chi connectivity index (χ1n) is 12.2. The number of anilines is 1. The van der Waals surface area contributed by atoms with Crippen LogP contribution in [0.5, 0.6) is 0 Å². The van der Waals surface area contributed by atoms with Gasteiger partial charge in [0.25, 0.3) is 0 Å². The summed E-state index contributed by atoms with van der Waals surface area (Å²) in [5, 5.41) is 11.9. The van der Waals surface area contributed by atoms with Gasteiger partial charge in [-0.05, 0) is 31.4 Å². The summed E-state index contributed by atoms with van der Waals surface area (Å²) in [7, 11) is 0. The number of carbonyl (C=O) groups excluding carboxylic acids is 1. The number of piperidine rings is 1. The van der Waals surface area contributed by atoms with Gasteiger partial charge in [0, 0.05) is 62.8 Å². The van der Waals surface area contributed by atoms with Crippen LogP contribution in [0, 0.1) is 11.3 Å². The molecule has 1 unspecified atom stereocenters. The molecule has 2 saturated heterocycles. The maximum absolute atomic E-state index is 12.8. The summed E-state index contributed by atoms with van der Waals surface area (Å²) in [6.45, 7) is 6.13. The van der Waals surface area contributed by atoms with Gasteiger partial charge in [-0.15, -0.1) is 0 Å². The molecule has 184 valence electrons. The first-order valence-corrected chi connectivity index (χ1v) is 12.2. The second kappa shape index (κ2) is 9.45. The van der Waals surface area contributed by atoms with Crippen molar-refractivity contribution in [2.24, 2.45) is 11.3 Å². The molecule has 5 nitrogen and oxygen atoms in total. The van der Waals surface area contributed by atoms with Gasteiger partial charge in [0.05, 0.1) is 12.0 Å². The van der Waals surface area contributed by atoms with Crippen molar-refractivity contribution in [3.05, 3.63) is 30.3 Å². The van der Waals surface area contributed by atoms with E-state index in [0.29, 0.717) is 26.1 Å². The molecule has 1 amide bonds. The fourth-order valence-corrected chi connectivity index (χ4v) is 6.21. The predicted octanol–water partition coefficient (Wildman–Crippen LogP) is 3.92. The molecule has 0 bridgehead atoms. The van der Waals surface area contributed by atoms with Gasteiger partial charge in [-0.2, -0.15) is 13.2 Å². The number of rotatable bonds is 5. The summed E-state index contributed by atoms with van der Waals surface area (Å²) < 4.78 is 38.5. The highest BCUT2D eigenvalue weighted by Crippen LogP contribution is 2.51. The summed E-state index contributed by atoms with van der Waals surface area (Å²) in [5.41, 5.74) is -0.124. The average Bonchev–Trinajstić information content (AvgIpc) is 3.25. The van der Waals surface area contributed by atoms with Crippen molar-refractivity contribution < 1.29 is 23.1 Å². The zero-order valence-electron chi connectivity index (χ0n) is 19.5. The Morgan fingerprint density at radius 3 is 2.27 bits per heavy atom. The molecule has 3 aliphatic rings. The monoisotopic (exact) mass is 467 g/mol. The highest BCUT2D eigenvalue weighted by molar-refractivity contribution is 5.78. The summed E-state index contributed by atoms with van der Waals surface area (Å²) in [6, 6.07) is 10.3. The second-order valence-electron chi connectivity index (χ2n) is 10.3. The van der Waals surface area contributed by atoms with Crippen molar-refractivity contribution in [1.29, 1.82) is 0 Å². The topological polar surface area (TPSA) is 47.0 Å². The number of para-hydroxylation sites is 1. The van der Waals surface area contributed by atoms with Crippen molar-refractivity contribution in [2.75, 3.05) is 50.7 Å². The molecular weight excluding hydrogens is 431 g/mol. The molecule has 2 heterocycles. The third-order valence-electron chi connectivity index (χ3n) is 8.09. The van der Waals surface area contributed by atoms with Crippen LogP contribution in [0.4, 0.5) is 18.9 Å². The fraction of sp³-hybridized carbons (Fsp3) is 0.720. The molecule has 0 radical (unpaired) electrons. The molecular formula is C25H36F3N3O2. The van der Waals surface area contributed by atoms with Crippen LogP contribution in [0.25, 0.3) is 0 Å². The molecule has 8 heteroatoms. The van der Waals surface area contributed by atoms with Gasteiger partial charge in [-0.3, -0.25) is 9.69 Å². The lowest BCUT2D eigenvalue weighted by atomic mass is 9.65. The maximum Gasteiger partial charge on any atom is 0.389 e. The third kappa shape index (κ3) is 5.32. The molecule has 1 aliphatic carbocycles. The summed E-state index contributed by atoms with van der Waals surface area (Å²) in [4.78, 5) is 19.1. The quantitative estimate of drug-likeness (QED) is 0.713. The number of hydrogen-bond donors (Lipinski definition) is 1. The minimum atomic E-state index is -4.35. The summed E-state index contributed by atoms with van der Waals surface area (Å²) in [6.07, 6.45) is -1.38. The first kappa shape index (κ1) is 24.3. The number of likely N-dealkylation sites (tertiary alicyclic amines) is 1. The minimum Gasteiger partial charge on any atom is -0.388 e. The van der Waals surface area contributed by atoms with Gasteiger partial charge in [-0.1, -0.05) is 38.0 Å². The molecule has 1 aromatic rings. The van der Waals surface area contributed by atoms with Crippen LogP contribution in [0.3, 0.4) is 0 Å². The van der Waals surface area contributed by atoms with Gasteiger partial charge in [0.15, 0.2) is 0 Å². The van der Waals surface area contributed by atoms with Crippen LogP contribution < -0.4 is 4.90 Å². The van der Waals surface area contributed by atoms with Crippen LogP contribution in [0.2, 0.25) is 0 Å². The van der Waals surface area contributed by atoms with Crippen molar-refractivity contribution in [1.82, 2.24) is 9.80 Å². The molecule has 33 heavy (non-hydrogen) atoms. The van der Waals surface area contributed by atoms with Crippen LogP contribution >= 0.6 is 0 Å². The molecule has 0 aromatic heterocycles. The maximum atomic E-state index is 12.8. The molecule has 1 saturated carbocycles. The second-order valence-corrected chi connectivity index (χ2v) is 10.3. The Morgan fingerprint density at radius 1 is 1.03 bits per heavy atom. The SMILES string of the molecule is C[C@H](CC(F)(F)F)C(=O)N1CCC(O)(CN2CCN(c3ccccc3)CC2)C2(CCCC2)C1. The van der Waals surface area contributed by atoms with E-state index in [-0.39, 0.29) is 0 Å². The predicted molar refractivity (Wildman–Crippen MR) is 122 cm³/mol. The van der Waals surface area contributed by atoms with Gasteiger partial charge >= 0.3 is 6.18 Å². The number of piperazine rings is 1. The molecule has 1 N–H and O–H groups in total. The lowest BCUT2D eigenvalue weighted by Crippen LogP contribution is -2.65. The van der Waals surface area contributed by atoms with Crippen molar-refractivity contribution >= 4 is 11.6 Å².